The molecule has 0 saturated heterocycles. The number of thiophene rings is 1. The molecular weight excluding hydrogens is 1510 g/mol. The molecule has 0 unspecified atom stereocenters. The van der Waals surface area contributed by atoms with Crippen LogP contribution >= 0.6 is 22.7 Å². The van der Waals surface area contributed by atoms with Crippen LogP contribution < -0.4 is 40.2 Å². The van der Waals surface area contributed by atoms with E-state index in [1.807, 2.05) is 164 Å². The Morgan fingerprint density at radius 1 is 0.397 bits per heavy atom. The fraction of sp³-hybridized carbons (Fsp3) is 0.0843. The van der Waals surface area contributed by atoms with Crippen molar-refractivity contribution < 1.29 is 36.6 Å². The van der Waals surface area contributed by atoms with Crippen molar-refractivity contribution in [1.29, 1.82) is 0 Å². The van der Waals surface area contributed by atoms with Gasteiger partial charge in [0.2, 0.25) is 0 Å². The lowest BCUT2D eigenvalue weighted by Gasteiger charge is -2.13. The number of fused-ring (bicyclic) bond motifs is 4. The molecule has 574 valence electrons. The summed E-state index contributed by atoms with van der Waals surface area (Å²) in [5.41, 5.74) is 17.6. The lowest BCUT2D eigenvalue weighted by Crippen LogP contribution is -2.00. The minimum Gasteiger partial charge on any atom is -0.495 e. The number of nitrogens with one attached hydrogen (secondary N) is 8. The van der Waals surface area contributed by atoms with Crippen LogP contribution in [-0.4, -0.2) is 124 Å². The van der Waals surface area contributed by atoms with Crippen molar-refractivity contribution in [2.45, 2.75) is 13.8 Å². The normalized spacial score (nSPS) is 11.1. The van der Waals surface area contributed by atoms with E-state index in [4.69, 9.17) is 36.6 Å². The Kier molecular flexibility index (Phi) is 20.7. The van der Waals surface area contributed by atoms with Crippen molar-refractivity contribution >= 4 is 113 Å². The summed E-state index contributed by atoms with van der Waals surface area (Å²) in [5.74, 6) is 7.23. The molecule has 0 radical (unpaired) electrons. The van der Waals surface area contributed by atoms with Gasteiger partial charge in [-0.3, -0.25) is 25.1 Å². The molecular formula is C83H67N23O8S2. The highest BCUT2D eigenvalue weighted by molar-refractivity contribution is 7.13. The molecule has 0 aliphatic rings. The van der Waals surface area contributed by atoms with Crippen molar-refractivity contribution in [1.82, 2.24) is 95.4 Å². The van der Waals surface area contributed by atoms with E-state index in [9.17, 15) is 0 Å². The van der Waals surface area contributed by atoms with Crippen LogP contribution in [0.3, 0.4) is 0 Å². The largest absolute Gasteiger partial charge is 0.495 e. The van der Waals surface area contributed by atoms with Crippen molar-refractivity contribution in [3.8, 4) is 113 Å². The maximum absolute atomic E-state index is 5.57. The summed E-state index contributed by atoms with van der Waals surface area (Å²) >= 11 is 3.33. The summed E-state index contributed by atoms with van der Waals surface area (Å²) in [6.07, 6.45) is 15.9. The standard InChI is InChI=1S/C22H17N5O2.C21H17N5O2S.C20H17N7O2.C20H16N6O2S/c1-28-18-8-7-15(16-9-10-29-12-16)11-17(18)25-21-19-20(14-5-3-2-4-6-14)26-27-22(19)24-13-23-21;1-12-7-9-29-19(12)13-5-6-15(27-2)14(10-13)24-20-17-18(16-4-3-8-28-16)25-26-21(17)23-11-22-20;1-27-14(7-8-23-27)12-5-6-15(28-2)13(10-12)24-19-17-18(16-4-3-9-29-16)25-26-20(17)22-11-21-19;1-11-23-14(9-29-11)12-5-6-15(27-2)13(8-12)24-19-17-18(16-4-3-7-28-16)25-26-20(17)22-10-21-19/h2-13H,1H3,(H2,23,24,25,26,27);3-11H,1-2H3,(H2,22,23,24,25,26);3-11H,1-2H3,(H2,21,22,24,25,26);3-10H,1-2H3,(H2,21,22,24,25,26). The molecule has 20 aromatic rings. The molecule has 0 atom stereocenters. The highest BCUT2D eigenvalue weighted by atomic mass is 32.1. The summed E-state index contributed by atoms with van der Waals surface area (Å²) in [5, 5.41) is 55.2. The SMILES string of the molecule is COc1ccc(-c2ccnn2C)cc1Nc1ncnc2n[nH]c(-c3ccco3)c12.COc1ccc(-c2ccoc2)cc1Nc1ncnc2n[nH]c(-c3ccccc3)c12.COc1ccc(-c2csc(C)n2)cc1Nc1ncnc2n[nH]c(-c3ccco3)c12.COc1ccc(-c2sccc2C)cc1Nc1ncnc2n[nH]c(-c3ccco3)c12. The van der Waals surface area contributed by atoms with Crippen LogP contribution in [0.5, 0.6) is 23.0 Å². The first-order valence-electron chi connectivity index (χ1n) is 35.8. The van der Waals surface area contributed by atoms with Gasteiger partial charge in [-0.1, -0.05) is 36.4 Å². The molecule has 15 aromatic heterocycles. The third-order valence-electron chi connectivity index (χ3n) is 18.6. The highest BCUT2D eigenvalue weighted by Gasteiger charge is 2.24. The molecule has 31 nitrogen and oxygen atoms in total. The molecule has 33 heteroatoms. The molecule has 0 fully saturated rings. The first-order chi connectivity index (χ1) is 57.0. The van der Waals surface area contributed by atoms with Crippen LogP contribution in [0.4, 0.5) is 46.0 Å². The maximum Gasteiger partial charge on any atom is 0.186 e. The second kappa shape index (κ2) is 32.7. The first-order valence-corrected chi connectivity index (χ1v) is 37.5. The number of aryl methyl sites for hydroxylation is 3. The molecule has 8 N–H and O–H groups in total. The smallest absolute Gasteiger partial charge is 0.186 e. The van der Waals surface area contributed by atoms with E-state index in [2.05, 4.69) is 143 Å². The number of thiazole rings is 1. The van der Waals surface area contributed by atoms with Crippen LogP contribution in [-0.2, 0) is 7.05 Å². The summed E-state index contributed by atoms with van der Waals surface area (Å²) < 4.78 is 45.8. The maximum atomic E-state index is 5.57. The quantitative estimate of drug-likeness (QED) is 0.0351. The first kappa shape index (κ1) is 73.2. The van der Waals surface area contributed by atoms with Gasteiger partial charge in [0.1, 0.15) is 88.7 Å². The fourth-order valence-corrected chi connectivity index (χ4v) is 14.6. The number of hydrogen-bond acceptors (Lipinski definition) is 28. The second-order valence-electron chi connectivity index (χ2n) is 25.6. The number of hydrogen-bond donors (Lipinski definition) is 8. The number of aromatic nitrogens is 19. The van der Waals surface area contributed by atoms with Gasteiger partial charge >= 0.3 is 0 Å². The number of methoxy groups -OCH3 is 4. The topological polar surface area (TPSA) is 386 Å². The van der Waals surface area contributed by atoms with Crippen molar-refractivity contribution in [3.05, 3.63) is 242 Å². The van der Waals surface area contributed by atoms with Gasteiger partial charge in [-0.25, -0.2) is 44.9 Å². The zero-order valence-electron chi connectivity index (χ0n) is 62.7. The molecule has 0 bridgehead atoms. The van der Waals surface area contributed by atoms with Crippen LogP contribution in [0.1, 0.15) is 10.6 Å². The number of aromatic amines is 4. The van der Waals surface area contributed by atoms with Crippen molar-refractivity contribution in [2.24, 2.45) is 7.05 Å². The lowest BCUT2D eigenvalue weighted by atomic mass is 10.1. The molecule has 15 heterocycles. The number of benzene rings is 5. The average molecular weight is 1580 g/mol. The highest BCUT2D eigenvalue weighted by Crippen LogP contribution is 2.43. The van der Waals surface area contributed by atoms with Crippen LogP contribution in [0.2, 0.25) is 0 Å². The number of anilines is 8. The second-order valence-corrected chi connectivity index (χ2v) is 27.6. The predicted molar refractivity (Wildman–Crippen MR) is 444 cm³/mol. The van der Waals surface area contributed by atoms with Gasteiger partial charge in [0.25, 0.3) is 0 Å². The molecule has 20 rings (SSSR count). The lowest BCUT2D eigenvalue weighted by molar-refractivity contribution is 0.417. The van der Waals surface area contributed by atoms with E-state index < -0.39 is 0 Å². The third kappa shape index (κ3) is 15.0. The number of H-pyrrole nitrogens is 4. The minimum absolute atomic E-state index is 0.538. The van der Waals surface area contributed by atoms with Gasteiger partial charge in [0.05, 0.1) is 126 Å². The Hall–Kier alpha value is -15.6. The van der Waals surface area contributed by atoms with E-state index in [0.29, 0.717) is 91.8 Å². The van der Waals surface area contributed by atoms with Gasteiger partial charge in [-0.05, 0) is 157 Å². The fourth-order valence-electron chi connectivity index (χ4n) is 13.0. The monoisotopic (exact) mass is 1580 g/mol. The number of rotatable bonds is 20. The predicted octanol–water partition coefficient (Wildman–Crippen LogP) is 19.0. The van der Waals surface area contributed by atoms with Crippen molar-refractivity contribution in [3.63, 3.8) is 0 Å². The number of furan rings is 4. The van der Waals surface area contributed by atoms with Crippen LogP contribution in [0.15, 0.2) is 249 Å². The Labute approximate surface area is 666 Å². The molecule has 116 heavy (non-hydrogen) atoms. The summed E-state index contributed by atoms with van der Waals surface area (Å²) in [7, 11) is 8.46. The van der Waals surface area contributed by atoms with Crippen molar-refractivity contribution in [2.75, 3.05) is 49.7 Å². The summed E-state index contributed by atoms with van der Waals surface area (Å²) in [6.45, 7) is 4.10. The van der Waals surface area contributed by atoms with Gasteiger partial charge in [-0.15, -0.1) is 22.7 Å². The molecule has 5 aromatic carbocycles. The Bertz CT molecular complexity index is 6550. The van der Waals surface area contributed by atoms with Crippen LogP contribution in [0, 0.1) is 13.8 Å². The van der Waals surface area contributed by atoms with Gasteiger partial charge < -0.3 is 57.9 Å². The summed E-state index contributed by atoms with van der Waals surface area (Å²) in [6, 6.07) is 50.8. The Balaban J connectivity index is 0.000000111. The average Bonchev–Trinajstić information content (AvgIpc) is 1.62. The minimum atomic E-state index is 0.538. The molecule has 0 aliphatic carbocycles. The van der Waals surface area contributed by atoms with E-state index in [-0.39, 0.29) is 0 Å². The summed E-state index contributed by atoms with van der Waals surface area (Å²) in [4.78, 5) is 40.6. The van der Waals surface area contributed by atoms with Gasteiger partial charge in [0, 0.05) is 45.8 Å². The van der Waals surface area contributed by atoms with Gasteiger partial charge in [0.15, 0.2) is 39.9 Å². The molecule has 0 amide bonds. The van der Waals surface area contributed by atoms with Crippen LogP contribution in [0.25, 0.3) is 134 Å². The third-order valence-corrected chi connectivity index (χ3v) is 20.4. The molecule has 0 aliphatic heterocycles. The van der Waals surface area contributed by atoms with E-state index in [1.54, 1.807) is 88.6 Å². The van der Waals surface area contributed by atoms with Gasteiger partial charge in [-0.2, -0.15) is 25.5 Å². The number of nitrogens with zero attached hydrogens (tertiary/aromatic N) is 15. The van der Waals surface area contributed by atoms with E-state index >= 15 is 0 Å². The molecule has 0 saturated carbocycles. The van der Waals surface area contributed by atoms with E-state index in [1.165, 1.54) is 35.7 Å². The number of ether oxygens (including phenoxy) is 4. The van der Waals surface area contributed by atoms with E-state index in [0.717, 1.165) is 111 Å². The zero-order chi connectivity index (χ0) is 79.0. The molecule has 0 spiro atoms. The Morgan fingerprint density at radius 2 is 0.828 bits per heavy atom. The zero-order valence-corrected chi connectivity index (χ0v) is 64.4. The Morgan fingerprint density at radius 3 is 1.23 bits per heavy atom.